The van der Waals surface area contributed by atoms with Crippen LogP contribution in [0.15, 0.2) is 36.4 Å². The van der Waals surface area contributed by atoms with Crippen molar-refractivity contribution < 1.29 is 14.3 Å². The number of hydrogen-bond acceptors (Lipinski definition) is 3. The van der Waals surface area contributed by atoms with Crippen molar-refractivity contribution in [2.75, 3.05) is 19.7 Å². The van der Waals surface area contributed by atoms with Crippen LogP contribution in [0.5, 0.6) is 5.75 Å². The number of hydrogen-bond donors (Lipinski definition) is 1. The van der Waals surface area contributed by atoms with Crippen LogP contribution in [0.3, 0.4) is 0 Å². The standard InChI is InChI=1S/C24H30N2O3/c1-16-5-9-20(10-6-16)24(28)26-13-11-21(12-14-26)25-22(27)15-29-23-18(3)8-7-17(2)19(23)4/h5-10,21H,11-15H2,1-4H3,(H,25,27). The van der Waals surface area contributed by atoms with Crippen LogP contribution in [0.25, 0.3) is 0 Å². The second-order valence-corrected chi connectivity index (χ2v) is 7.94. The molecule has 5 heteroatoms. The van der Waals surface area contributed by atoms with Gasteiger partial charge in [0, 0.05) is 24.7 Å². The highest BCUT2D eigenvalue weighted by molar-refractivity contribution is 5.94. The molecule has 2 amide bonds. The van der Waals surface area contributed by atoms with E-state index in [0.29, 0.717) is 13.1 Å². The molecule has 1 N–H and O–H groups in total. The van der Waals surface area contributed by atoms with Gasteiger partial charge in [0.1, 0.15) is 5.75 Å². The van der Waals surface area contributed by atoms with Gasteiger partial charge in [-0.2, -0.15) is 0 Å². The summed E-state index contributed by atoms with van der Waals surface area (Å²) in [5.74, 6) is 0.732. The van der Waals surface area contributed by atoms with E-state index < -0.39 is 0 Å². The topological polar surface area (TPSA) is 58.6 Å². The Kier molecular flexibility index (Phi) is 6.57. The second-order valence-electron chi connectivity index (χ2n) is 7.94. The van der Waals surface area contributed by atoms with E-state index in [0.717, 1.165) is 46.4 Å². The first-order valence-electron chi connectivity index (χ1n) is 10.2. The average molecular weight is 395 g/mol. The fraction of sp³-hybridized carbons (Fsp3) is 0.417. The third-order valence-electron chi connectivity index (χ3n) is 5.67. The Labute approximate surface area is 173 Å². The molecule has 3 rings (SSSR count). The molecule has 2 aromatic rings. The van der Waals surface area contributed by atoms with Gasteiger partial charge in [-0.05, 0) is 69.4 Å². The number of amides is 2. The van der Waals surface area contributed by atoms with Crippen LogP contribution >= 0.6 is 0 Å². The molecule has 0 unspecified atom stereocenters. The van der Waals surface area contributed by atoms with Crippen molar-refractivity contribution in [3.8, 4) is 5.75 Å². The lowest BCUT2D eigenvalue weighted by atomic mass is 10.0. The van der Waals surface area contributed by atoms with Gasteiger partial charge in [-0.25, -0.2) is 0 Å². The molecule has 0 radical (unpaired) electrons. The zero-order valence-electron chi connectivity index (χ0n) is 17.7. The van der Waals surface area contributed by atoms with Gasteiger partial charge in [-0.15, -0.1) is 0 Å². The van der Waals surface area contributed by atoms with Gasteiger partial charge in [0.25, 0.3) is 11.8 Å². The Morgan fingerprint density at radius 2 is 1.59 bits per heavy atom. The predicted molar refractivity (Wildman–Crippen MR) is 114 cm³/mol. The molecule has 1 fully saturated rings. The fourth-order valence-electron chi connectivity index (χ4n) is 3.66. The highest BCUT2D eigenvalue weighted by Gasteiger charge is 2.24. The van der Waals surface area contributed by atoms with Crippen LogP contribution in [0.1, 0.15) is 45.5 Å². The van der Waals surface area contributed by atoms with Gasteiger partial charge < -0.3 is 15.0 Å². The van der Waals surface area contributed by atoms with E-state index in [4.69, 9.17) is 4.74 Å². The quantitative estimate of drug-likeness (QED) is 0.841. The molecule has 154 valence electrons. The highest BCUT2D eigenvalue weighted by atomic mass is 16.5. The third-order valence-corrected chi connectivity index (χ3v) is 5.67. The van der Waals surface area contributed by atoms with Crippen molar-refractivity contribution in [1.82, 2.24) is 10.2 Å². The van der Waals surface area contributed by atoms with Crippen molar-refractivity contribution >= 4 is 11.8 Å². The molecule has 0 aliphatic carbocycles. The van der Waals surface area contributed by atoms with Crippen molar-refractivity contribution in [3.05, 3.63) is 64.2 Å². The number of nitrogens with one attached hydrogen (secondary N) is 1. The van der Waals surface area contributed by atoms with Crippen molar-refractivity contribution in [1.29, 1.82) is 0 Å². The zero-order chi connectivity index (χ0) is 21.0. The number of carbonyl (C=O) groups excluding carboxylic acids is 2. The Bertz CT molecular complexity index is 882. The normalized spacial score (nSPS) is 14.6. The summed E-state index contributed by atoms with van der Waals surface area (Å²) in [6.07, 6.45) is 1.51. The van der Waals surface area contributed by atoms with Gasteiger partial charge in [-0.1, -0.05) is 29.8 Å². The maximum absolute atomic E-state index is 12.6. The van der Waals surface area contributed by atoms with Crippen LogP contribution in [-0.2, 0) is 4.79 Å². The molecule has 0 saturated carbocycles. The lowest BCUT2D eigenvalue weighted by Crippen LogP contribution is -2.47. The molecule has 1 aliphatic heterocycles. The van der Waals surface area contributed by atoms with E-state index in [1.54, 1.807) is 0 Å². The van der Waals surface area contributed by atoms with Crippen molar-refractivity contribution in [3.63, 3.8) is 0 Å². The average Bonchev–Trinajstić information content (AvgIpc) is 2.71. The summed E-state index contributed by atoms with van der Waals surface area (Å²) < 4.78 is 5.80. The van der Waals surface area contributed by atoms with Gasteiger partial charge in [0.2, 0.25) is 0 Å². The Morgan fingerprint density at radius 1 is 0.966 bits per heavy atom. The Hall–Kier alpha value is -2.82. The van der Waals surface area contributed by atoms with Crippen LogP contribution in [0.4, 0.5) is 0 Å². The van der Waals surface area contributed by atoms with Gasteiger partial charge in [-0.3, -0.25) is 9.59 Å². The van der Waals surface area contributed by atoms with E-state index in [1.807, 2.05) is 62.9 Å². The van der Waals surface area contributed by atoms with Crippen LogP contribution in [0.2, 0.25) is 0 Å². The third kappa shape index (κ3) is 5.17. The number of likely N-dealkylation sites (tertiary alicyclic amines) is 1. The van der Waals surface area contributed by atoms with E-state index in [1.165, 1.54) is 0 Å². The van der Waals surface area contributed by atoms with E-state index in [9.17, 15) is 9.59 Å². The summed E-state index contributed by atoms with van der Waals surface area (Å²) in [5.41, 5.74) is 5.11. The number of aryl methyl sites for hydroxylation is 3. The molecule has 0 spiro atoms. The minimum atomic E-state index is -0.117. The van der Waals surface area contributed by atoms with Crippen LogP contribution < -0.4 is 10.1 Å². The highest BCUT2D eigenvalue weighted by Crippen LogP contribution is 2.25. The summed E-state index contributed by atoms with van der Waals surface area (Å²) in [6, 6.07) is 11.8. The number of carbonyl (C=O) groups is 2. The largest absolute Gasteiger partial charge is 0.483 e. The first-order chi connectivity index (χ1) is 13.8. The molecule has 29 heavy (non-hydrogen) atoms. The number of ether oxygens (including phenoxy) is 1. The van der Waals surface area contributed by atoms with Crippen molar-refractivity contribution in [2.24, 2.45) is 0 Å². The summed E-state index contributed by atoms with van der Waals surface area (Å²) in [5, 5.41) is 3.05. The SMILES string of the molecule is Cc1ccc(C(=O)N2CCC(NC(=O)COc3c(C)ccc(C)c3C)CC2)cc1. The first-order valence-corrected chi connectivity index (χ1v) is 10.2. The fourth-order valence-corrected chi connectivity index (χ4v) is 3.66. The molecule has 0 aromatic heterocycles. The van der Waals surface area contributed by atoms with E-state index >= 15 is 0 Å². The first kappa shape index (κ1) is 20.9. The summed E-state index contributed by atoms with van der Waals surface area (Å²) in [6.45, 7) is 9.34. The molecule has 5 nitrogen and oxygen atoms in total. The van der Waals surface area contributed by atoms with E-state index in [-0.39, 0.29) is 24.5 Å². The van der Waals surface area contributed by atoms with E-state index in [2.05, 4.69) is 11.4 Å². The van der Waals surface area contributed by atoms with Gasteiger partial charge >= 0.3 is 0 Å². The Balaban J connectivity index is 1.47. The molecule has 0 atom stereocenters. The Morgan fingerprint density at radius 3 is 2.24 bits per heavy atom. The summed E-state index contributed by atoms with van der Waals surface area (Å²) >= 11 is 0. The summed E-state index contributed by atoms with van der Waals surface area (Å²) in [4.78, 5) is 26.8. The minimum Gasteiger partial charge on any atom is -0.483 e. The molecule has 2 aromatic carbocycles. The van der Waals surface area contributed by atoms with Crippen molar-refractivity contribution in [2.45, 2.75) is 46.6 Å². The maximum atomic E-state index is 12.6. The summed E-state index contributed by atoms with van der Waals surface area (Å²) in [7, 11) is 0. The predicted octanol–water partition coefficient (Wildman–Crippen LogP) is 3.72. The van der Waals surface area contributed by atoms with Crippen LogP contribution in [0, 0.1) is 27.7 Å². The molecule has 1 aliphatic rings. The van der Waals surface area contributed by atoms with Gasteiger partial charge in [0.05, 0.1) is 0 Å². The van der Waals surface area contributed by atoms with Gasteiger partial charge in [0.15, 0.2) is 6.61 Å². The lowest BCUT2D eigenvalue weighted by Gasteiger charge is -2.32. The molecule has 1 saturated heterocycles. The number of nitrogens with zero attached hydrogens (tertiary/aromatic N) is 1. The monoisotopic (exact) mass is 394 g/mol. The number of rotatable bonds is 5. The zero-order valence-corrected chi connectivity index (χ0v) is 17.7. The molecule has 1 heterocycles. The maximum Gasteiger partial charge on any atom is 0.258 e. The lowest BCUT2D eigenvalue weighted by molar-refractivity contribution is -0.124. The second kappa shape index (κ2) is 9.12. The smallest absolute Gasteiger partial charge is 0.258 e. The molecular formula is C24H30N2O3. The minimum absolute atomic E-state index is 0.00758. The molecular weight excluding hydrogens is 364 g/mol. The van der Waals surface area contributed by atoms with Crippen LogP contribution in [-0.4, -0.2) is 42.5 Å². The number of piperidine rings is 1. The molecule has 0 bridgehead atoms. The number of benzene rings is 2.